The van der Waals surface area contributed by atoms with Gasteiger partial charge in [-0.25, -0.2) is 0 Å². The fourth-order valence-corrected chi connectivity index (χ4v) is 8.44. The predicted octanol–water partition coefficient (Wildman–Crippen LogP) is 6.16. The minimum Gasteiger partial charge on any atom is -0.379 e. The quantitative estimate of drug-likeness (QED) is 0.554. The summed E-state index contributed by atoms with van der Waals surface area (Å²) in [7, 11) is 0. The van der Waals surface area contributed by atoms with E-state index < -0.39 is 0 Å². The van der Waals surface area contributed by atoms with E-state index >= 15 is 0 Å². The van der Waals surface area contributed by atoms with Crippen molar-refractivity contribution in [1.29, 1.82) is 0 Å². The highest BCUT2D eigenvalue weighted by Crippen LogP contribution is 2.66. The van der Waals surface area contributed by atoms with E-state index in [-0.39, 0.29) is 11.6 Å². The molecule has 28 heavy (non-hydrogen) atoms. The summed E-state index contributed by atoms with van der Waals surface area (Å²) in [5, 5.41) is 13.6. The van der Waals surface area contributed by atoms with Crippen LogP contribution in [-0.4, -0.2) is 17.9 Å². The molecule has 3 fully saturated rings. The molecule has 1 unspecified atom stereocenters. The van der Waals surface area contributed by atoms with Gasteiger partial charge in [0, 0.05) is 6.54 Å². The van der Waals surface area contributed by atoms with Gasteiger partial charge in [-0.15, -0.1) is 0 Å². The molecule has 2 nitrogen and oxygen atoms in total. The Morgan fingerprint density at radius 1 is 1.11 bits per heavy atom. The van der Waals surface area contributed by atoms with Crippen LogP contribution in [0.25, 0.3) is 0 Å². The van der Waals surface area contributed by atoms with E-state index in [0.717, 1.165) is 48.5 Å². The second-order valence-corrected chi connectivity index (χ2v) is 11.9. The van der Waals surface area contributed by atoms with Crippen LogP contribution in [0.15, 0.2) is 11.6 Å². The number of hydrogen-bond acceptors (Lipinski definition) is 2. The van der Waals surface area contributed by atoms with E-state index in [1.54, 1.807) is 5.57 Å². The van der Waals surface area contributed by atoms with Crippen LogP contribution in [0.3, 0.4) is 0 Å². The first-order valence-electron chi connectivity index (χ1n) is 12.4. The first-order chi connectivity index (χ1) is 13.3. The molecule has 0 amide bonds. The molecule has 0 radical (unpaired) electrons. The standard InChI is InChI=1S/C26H45NO/c1-17(2)7-6-8-18(3)21-11-12-22-20-10-9-19-16-27-24(28)15-26(19,5)23(20)13-14-25(21,22)4/h9,17-18,20-24,27-28H,6-8,10-16H2,1-5H3/t18-,20+,21-,22+,23+,24?,25-,26+/m1/s1. The second kappa shape index (κ2) is 7.73. The number of rotatable bonds is 5. The van der Waals surface area contributed by atoms with Gasteiger partial charge in [-0.05, 0) is 84.9 Å². The third kappa shape index (κ3) is 3.41. The Hall–Kier alpha value is -0.340. The number of hydrogen-bond donors (Lipinski definition) is 2. The zero-order valence-corrected chi connectivity index (χ0v) is 19.1. The summed E-state index contributed by atoms with van der Waals surface area (Å²) in [4.78, 5) is 0. The molecule has 8 atom stereocenters. The lowest BCUT2D eigenvalue weighted by molar-refractivity contribution is -0.0661. The van der Waals surface area contributed by atoms with Crippen molar-refractivity contribution in [1.82, 2.24) is 5.32 Å². The number of piperidine rings is 1. The van der Waals surface area contributed by atoms with Crippen molar-refractivity contribution >= 4 is 0 Å². The average Bonchev–Trinajstić information content (AvgIpc) is 2.98. The summed E-state index contributed by atoms with van der Waals surface area (Å²) in [6.45, 7) is 13.3. The molecule has 0 aromatic carbocycles. The molecule has 0 aromatic heterocycles. The van der Waals surface area contributed by atoms with Gasteiger partial charge in [0.05, 0.1) is 0 Å². The van der Waals surface area contributed by atoms with Crippen molar-refractivity contribution in [2.75, 3.05) is 6.54 Å². The largest absolute Gasteiger partial charge is 0.379 e. The van der Waals surface area contributed by atoms with Crippen LogP contribution in [0.4, 0.5) is 0 Å². The van der Waals surface area contributed by atoms with Crippen LogP contribution in [-0.2, 0) is 0 Å². The summed E-state index contributed by atoms with van der Waals surface area (Å²) < 4.78 is 0. The number of aliphatic hydroxyl groups is 1. The van der Waals surface area contributed by atoms with E-state index in [0.29, 0.717) is 5.41 Å². The first kappa shape index (κ1) is 20.9. The van der Waals surface area contributed by atoms with Gasteiger partial charge in [-0.1, -0.05) is 65.5 Å². The van der Waals surface area contributed by atoms with E-state index in [9.17, 15) is 5.11 Å². The van der Waals surface area contributed by atoms with Crippen molar-refractivity contribution in [3.8, 4) is 0 Å². The Labute approximate surface area is 173 Å². The van der Waals surface area contributed by atoms with Crippen molar-refractivity contribution in [3.63, 3.8) is 0 Å². The van der Waals surface area contributed by atoms with Crippen LogP contribution in [0.5, 0.6) is 0 Å². The number of allylic oxidation sites excluding steroid dienone is 1. The van der Waals surface area contributed by atoms with Gasteiger partial charge in [-0.2, -0.15) is 0 Å². The highest BCUT2D eigenvalue weighted by molar-refractivity contribution is 5.26. The molecular weight excluding hydrogens is 342 g/mol. The molecule has 0 aromatic rings. The molecule has 3 aliphatic carbocycles. The summed E-state index contributed by atoms with van der Waals surface area (Å²) in [5.41, 5.74) is 2.39. The van der Waals surface area contributed by atoms with Gasteiger partial charge in [0.15, 0.2) is 0 Å². The van der Waals surface area contributed by atoms with Gasteiger partial charge in [0.2, 0.25) is 0 Å². The smallest absolute Gasteiger partial charge is 0.106 e. The molecular formula is C26H45NO. The fourth-order valence-electron chi connectivity index (χ4n) is 8.44. The molecule has 1 aliphatic heterocycles. The Kier molecular flexibility index (Phi) is 5.77. The van der Waals surface area contributed by atoms with Gasteiger partial charge >= 0.3 is 0 Å². The minimum absolute atomic E-state index is 0.232. The molecule has 0 bridgehead atoms. The predicted molar refractivity (Wildman–Crippen MR) is 118 cm³/mol. The van der Waals surface area contributed by atoms with Crippen molar-refractivity contribution in [2.24, 2.45) is 46.3 Å². The van der Waals surface area contributed by atoms with Crippen LogP contribution in [0.2, 0.25) is 0 Å². The highest BCUT2D eigenvalue weighted by atomic mass is 16.3. The monoisotopic (exact) mass is 387 g/mol. The zero-order valence-electron chi connectivity index (χ0n) is 19.1. The third-order valence-electron chi connectivity index (χ3n) is 9.97. The fraction of sp³-hybridized carbons (Fsp3) is 0.923. The second-order valence-electron chi connectivity index (χ2n) is 11.9. The maximum absolute atomic E-state index is 10.3. The maximum Gasteiger partial charge on any atom is 0.106 e. The average molecular weight is 388 g/mol. The van der Waals surface area contributed by atoms with Crippen LogP contribution < -0.4 is 5.32 Å². The molecule has 2 N–H and O–H groups in total. The Bertz CT molecular complexity index is 597. The Morgan fingerprint density at radius 3 is 2.64 bits per heavy atom. The van der Waals surface area contributed by atoms with Crippen LogP contribution >= 0.6 is 0 Å². The molecule has 2 saturated carbocycles. The zero-order chi connectivity index (χ0) is 20.1. The molecule has 1 heterocycles. The number of fused-ring (bicyclic) bond motifs is 5. The summed E-state index contributed by atoms with van der Waals surface area (Å²) >= 11 is 0. The van der Waals surface area contributed by atoms with Gasteiger partial charge in [0.25, 0.3) is 0 Å². The Morgan fingerprint density at radius 2 is 1.89 bits per heavy atom. The van der Waals surface area contributed by atoms with Gasteiger partial charge in [-0.3, -0.25) is 5.32 Å². The van der Waals surface area contributed by atoms with Crippen molar-refractivity contribution < 1.29 is 5.11 Å². The summed E-state index contributed by atoms with van der Waals surface area (Å²) in [6, 6.07) is 0. The van der Waals surface area contributed by atoms with Crippen molar-refractivity contribution in [3.05, 3.63) is 11.6 Å². The molecule has 0 spiro atoms. The molecule has 4 rings (SSSR count). The first-order valence-corrected chi connectivity index (χ1v) is 12.4. The highest BCUT2D eigenvalue weighted by Gasteiger charge is 2.59. The minimum atomic E-state index is -0.313. The molecule has 160 valence electrons. The molecule has 4 aliphatic rings. The maximum atomic E-state index is 10.3. The third-order valence-corrected chi connectivity index (χ3v) is 9.97. The lowest BCUT2D eigenvalue weighted by Crippen LogP contribution is -2.55. The van der Waals surface area contributed by atoms with Crippen molar-refractivity contribution in [2.45, 2.75) is 98.6 Å². The van der Waals surface area contributed by atoms with E-state index in [1.807, 2.05) is 0 Å². The summed E-state index contributed by atoms with van der Waals surface area (Å²) in [5.74, 6) is 5.21. The molecule has 1 saturated heterocycles. The van der Waals surface area contributed by atoms with Crippen LogP contribution in [0.1, 0.15) is 92.4 Å². The number of aliphatic hydroxyl groups excluding tert-OH is 1. The van der Waals surface area contributed by atoms with Crippen LogP contribution in [0, 0.1) is 46.3 Å². The molecule has 2 heteroatoms. The van der Waals surface area contributed by atoms with Gasteiger partial charge in [0.1, 0.15) is 6.23 Å². The normalized spacial score (nSPS) is 46.5. The van der Waals surface area contributed by atoms with E-state index in [1.165, 1.54) is 51.4 Å². The lowest BCUT2D eigenvalue weighted by atomic mass is 9.47. The Balaban J connectivity index is 1.50. The SMILES string of the molecule is CC(C)CCC[C@@H](C)[C@H]1CC[C@H]2[C@@H]3CC=C4CNC(O)C[C@]4(C)[C@H]3CC[C@]12C. The topological polar surface area (TPSA) is 32.3 Å². The number of nitrogens with one attached hydrogen (secondary N) is 1. The van der Waals surface area contributed by atoms with Gasteiger partial charge < -0.3 is 5.11 Å². The lowest BCUT2D eigenvalue weighted by Gasteiger charge is -2.58. The summed E-state index contributed by atoms with van der Waals surface area (Å²) in [6.07, 6.45) is 14.4. The van der Waals surface area contributed by atoms with E-state index in [2.05, 4.69) is 46.0 Å². The van der Waals surface area contributed by atoms with E-state index in [4.69, 9.17) is 0 Å².